The third-order valence-electron chi connectivity index (χ3n) is 8.45. The molecule has 2 unspecified atom stereocenters. The number of anilines is 1. The number of para-hydroxylation sites is 1. The number of nitrogens with one attached hydrogen (secondary N) is 2. The van der Waals surface area contributed by atoms with Crippen molar-refractivity contribution < 1.29 is 19.5 Å². The van der Waals surface area contributed by atoms with Crippen molar-refractivity contribution in [2.75, 3.05) is 18.5 Å². The topological polar surface area (TPSA) is 98.7 Å². The summed E-state index contributed by atoms with van der Waals surface area (Å²) in [6.07, 6.45) is 3.72. The van der Waals surface area contributed by atoms with Gasteiger partial charge < -0.3 is 20.6 Å². The minimum atomic E-state index is -0.630. The van der Waals surface area contributed by atoms with Crippen molar-refractivity contribution in [1.82, 2.24) is 10.2 Å². The second kappa shape index (κ2) is 11.1. The van der Waals surface area contributed by atoms with Crippen molar-refractivity contribution in [2.24, 2.45) is 11.8 Å². The third kappa shape index (κ3) is 4.73. The fourth-order valence-corrected chi connectivity index (χ4v) is 8.89. The number of unbranched alkanes of at least 4 members (excludes halogenated alkanes) is 2. The quantitative estimate of drug-likeness (QED) is 0.402. The van der Waals surface area contributed by atoms with E-state index in [-0.39, 0.29) is 29.6 Å². The molecular formula is C30H37N3O4S. The molecule has 8 heteroatoms. The highest BCUT2D eigenvalue weighted by atomic mass is 32.2. The van der Waals surface area contributed by atoms with Gasteiger partial charge in [-0.3, -0.25) is 14.4 Å². The van der Waals surface area contributed by atoms with Crippen LogP contribution in [0.5, 0.6) is 0 Å². The summed E-state index contributed by atoms with van der Waals surface area (Å²) in [6.45, 7) is 4.92. The first-order valence-electron chi connectivity index (χ1n) is 13.7. The van der Waals surface area contributed by atoms with E-state index in [0.717, 1.165) is 41.6 Å². The molecule has 0 saturated carbocycles. The molecule has 3 heterocycles. The number of benzene rings is 2. The molecule has 0 aliphatic carbocycles. The van der Waals surface area contributed by atoms with Crippen LogP contribution in [-0.2, 0) is 20.9 Å². The van der Waals surface area contributed by atoms with Crippen LogP contribution in [0.3, 0.4) is 0 Å². The first-order chi connectivity index (χ1) is 18.4. The van der Waals surface area contributed by atoms with Gasteiger partial charge in [0.25, 0.3) is 0 Å². The third-order valence-corrected chi connectivity index (χ3v) is 10.4. The van der Waals surface area contributed by atoms with Gasteiger partial charge in [-0.05, 0) is 62.6 Å². The highest BCUT2D eigenvalue weighted by Gasteiger charge is 2.73. The molecule has 1 spiro atoms. The Balaban J connectivity index is 1.42. The second-order valence-electron chi connectivity index (χ2n) is 10.8. The lowest BCUT2D eigenvalue weighted by Crippen LogP contribution is -2.52. The van der Waals surface area contributed by atoms with E-state index in [2.05, 4.69) is 10.6 Å². The van der Waals surface area contributed by atoms with Crippen LogP contribution < -0.4 is 10.6 Å². The van der Waals surface area contributed by atoms with E-state index in [4.69, 9.17) is 0 Å². The number of aryl methyl sites for hydroxylation is 2. The van der Waals surface area contributed by atoms with Gasteiger partial charge in [0, 0.05) is 30.6 Å². The Morgan fingerprint density at radius 3 is 2.47 bits per heavy atom. The molecule has 5 rings (SSSR count). The smallest absolute Gasteiger partial charge is 0.248 e. The molecule has 3 aliphatic heterocycles. The normalized spacial score (nSPS) is 27.4. The molecule has 5 atom stereocenters. The zero-order valence-electron chi connectivity index (χ0n) is 22.1. The second-order valence-corrected chi connectivity index (χ2v) is 12.4. The standard InChI is InChI=1S/C30H37N3O4S/c1-19-10-9-11-20(2)25(19)32-28(36)26-30-15-14-22(38-30)23(27(35)31-18-21-12-5-3-6-13-21)24(30)29(37)33(26)16-7-4-8-17-34/h3,5-6,9-13,22-24,26,34H,4,7-8,14-18H2,1-2H3,(H,31,35)(H,32,36)/t22-,23+,24+,26?,30?/m1/s1. The fourth-order valence-electron chi connectivity index (χ4n) is 6.67. The highest BCUT2D eigenvalue weighted by Crippen LogP contribution is 2.66. The number of nitrogens with zero attached hydrogens (tertiary/aromatic N) is 1. The summed E-state index contributed by atoms with van der Waals surface area (Å²) >= 11 is 1.69. The summed E-state index contributed by atoms with van der Waals surface area (Å²) in [4.78, 5) is 43.3. The molecule has 2 bridgehead atoms. The van der Waals surface area contributed by atoms with E-state index >= 15 is 0 Å². The molecule has 2 aromatic rings. The Bertz CT molecular complexity index is 1180. The number of aliphatic hydroxyl groups is 1. The number of hydrogen-bond acceptors (Lipinski definition) is 5. The Kier molecular flexibility index (Phi) is 7.82. The van der Waals surface area contributed by atoms with Crippen LogP contribution in [0.25, 0.3) is 0 Å². The largest absolute Gasteiger partial charge is 0.396 e. The molecule has 0 radical (unpaired) electrons. The average Bonchev–Trinajstić information content (AvgIpc) is 3.55. The van der Waals surface area contributed by atoms with E-state index < -0.39 is 22.6 Å². The number of likely N-dealkylation sites (tertiary alicyclic amines) is 1. The van der Waals surface area contributed by atoms with E-state index in [9.17, 15) is 19.5 Å². The summed E-state index contributed by atoms with van der Waals surface area (Å²) in [7, 11) is 0. The van der Waals surface area contributed by atoms with Gasteiger partial charge in [-0.15, -0.1) is 11.8 Å². The van der Waals surface area contributed by atoms with Crippen molar-refractivity contribution >= 4 is 35.2 Å². The van der Waals surface area contributed by atoms with Gasteiger partial charge in [0.2, 0.25) is 17.7 Å². The number of carbonyl (C=O) groups excluding carboxylic acids is 3. The van der Waals surface area contributed by atoms with Crippen LogP contribution in [0.15, 0.2) is 48.5 Å². The fraction of sp³-hybridized carbons (Fsp3) is 0.500. The number of hydrogen-bond donors (Lipinski definition) is 3. The minimum Gasteiger partial charge on any atom is -0.396 e. The van der Waals surface area contributed by atoms with Crippen molar-refractivity contribution in [3.63, 3.8) is 0 Å². The minimum absolute atomic E-state index is 0.0340. The summed E-state index contributed by atoms with van der Waals surface area (Å²) in [5, 5.41) is 15.5. The Morgan fingerprint density at radius 2 is 1.76 bits per heavy atom. The maximum atomic E-state index is 14.0. The van der Waals surface area contributed by atoms with E-state index in [0.29, 0.717) is 25.9 Å². The molecule has 2 aromatic carbocycles. The van der Waals surface area contributed by atoms with Crippen LogP contribution >= 0.6 is 11.8 Å². The monoisotopic (exact) mass is 535 g/mol. The van der Waals surface area contributed by atoms with Crippen LogP contribution in [0.1, 0.15) is 48.8 Å². The first kappa shape index (κ1) is 26.8. The molecule has 3 amide bonds. The molecular weight excluding hydrogens is 498 g/mol. The molecule has 0 aromatic heterocycles. The van der Waals surface area contributed by atoms with Crippen molar-refractivity contribution in [3.05, 3.63) is 65.2 Å². The highest BCUT2D eigenvalue weighted by molar-refractivity contribution is 8.02. The number of carbonyl (C=O) groups is 3. The summed E-state index contributed by atoms with van der Waals surface area (Å²) in [5.41, 5.74) is 3.76. The van der Waals surface area contributed by atoms with Crippen molar-refractivity contribution in [3.8, 4) is 0 Å². The number of aliphatic hydroxyl groups excluding tert-OH is 1. The Labute approximate surface area is 228 Å². The predicted octanol–water partition coefficient (Wildman–Crippen LogP) is 3.81. The lowest BCUT2D eigenvalue weighted by atomic mass is 9.70. The number of rotatable bonds is 10. The Hall–Kier alpha value is -2.84. The van der Waals surface area contributed by atoms with Gasteiger partial charge in [0.1, 0.15) is 6.04 Å². The van der Waals surface area contributed by atoms with Gasteiger partial charge in [-0.1, -0.05) is 48.5 Å². The molecule has 7 nitrogen and oxygen atoms in total. The van der Waals surface area contributed by atoms with Crippen LogP contribution in [0.2, 0.25) is 0 Å². The molecule has 38 heavy (non-hydrogen) atoms. The van der Waals surface area contributed by atoms with Crippen LogP contribution in [0.4, 0.5) is 5.69 Å². The number of amides is 3. The summed E-state index contributed by atoms with van der Waals surface area (Å²) in [5.74, 6) is -1.29. The van der Waals surface area contributed by atoms with Gasteiger partial charge in [0.05, 0.1) is 16.6 Å². The Morgan fingerprint density at radius 1 is 1.03 bits per heavy atom. The lowest BCUT2D eigenvalue weighted by molar-refractivity contribution is -0.139. The van der Waals surface area contributed by atoms with E-state index in [1.807, 2.05) is 62.4 Å². The molecule has 3 N–H and O–H groups in total. The maximum Gasteiger partial charge on any atom is 0.248 e. The van der Waals surface area contributed by atoms with Gasteiger partial charge in [0.15, 0.2) is 0 Å². The number of fused-ring (bicyclic) bond motifs is 1. The molecule has 3 aliphatic rings. The molecule has 202 valence electrons. The average molecular weight is 536 g/mol. The summed E-state index contributed by atoms with van der Waals surface area (Å²) < 4.78 is -0.603. The van der Waals surface area contributed by atoms with E-state index in [1.165, 1.54) is 0 Å². The molecule has 3 saturated heterocycles. The lowest BCUT2D eigenvalue weighted by Gasteiger charge is -2.34. The van der Waals surface area contributed by atoms with Gasteiger partial charge >= 0.3 is 0 Å². The van der Waals surface area contributed by atoms with Crippen LogP contribution in [-0.4, -0.2) is 56.9 Å². The van der Waals surface area contributed by atoms with Gasteiger partial charge in [-0.2, -0.15) is 0 Å². The van der Waals surface area contributed by atoms with Gasteiger partial charge in [-0.25, -0.2) is 0 Å². The zero-order valence-corrected chi connectivity index (χ0v) is 22.9. The maximum absolute atomic E-state index is 14.0. The molecule has 3 fully saturated rings. The van der Waals surface area contributed by atoms with Crippen molar-refractivity contribution in [1.29, 1.82) is 0 Å². The van der Waals surface area contributed by atoms with Crippen molar-refractivity contribution in [2.45, 2.75) is 68.5 Å². The SMILES string of the molecule is Cc1cccc(C)c1NC(=O)C1N(CCCCCO)C(=O)[C@@H]2[C@@H](C(=O)NCc3ccccc3)[C@H]3CCC12S3. The number of thioether (sulfide) groups is 1. The summed E-state index contributed by atoms with van der Waals surface area (Å²) in [6, 6.07) is 15.1. The van der Waals surface area contributed by atoms with Crippen LogP contribution in [0, 0.1) is 25.7 Å². The predicted molar refractivity (Wildman–Crippen MR) is 150 cm³/mol. The zero-order chi connectivity index (χ0) is 26.9. The first-order valence-corrected chi connectivity index (χ1v) is 14.5. The van der Waals surface area contributed by atoms with E-state index in [1.54, 1.807) is 16.7 Å².